The highest BCUT2D eigenvalue weighted by Gasteiger charge is 2.21. The molecule has 0 N–H and O–H groups in total. The van der Waals surface area contributed by atoms with Crippen LogP contribution in [0.5, 0.6) is 0 Å². The molecule has 0 atom stereocenters. The van der Waals surface area contributed by atoms with Crippen molar-refractivity contribution in [2.75, 3.05) is 38.5 Å². The lowest BCUT2D eigenvalue weighted by Crippen LogP contribution is -2.49. The molecule has 1 amide bonds. The Morgan fingerprint density at radius 2 is 1.75 bits per heavy atom. The Bertz CT molecular complexity index is 1270. The third kappa shape index (κ3) is 6.71. The van der Waals surface area contributed by atoms with Gasteiger partial charge in [0.2, 0.25) is 5.91 Å². The van der Waals surface area contributed by atoms with Crippen LogP contribution in [-0.4, -0.2) is 63.7 Å². The maximum Gasteiger partial charge on any atom is 0.257 e. The first kappa shape index (κ1) is 25.9. The van der Waals surface area contributed by atoms with Crippen molar-refractivity contribution in [2.45, 2.75) is 18.5 Å². The Balaban J connectivity index is 1.28. The van der Waals surface area contributed by atoms with E-state index in [1.807, 2.05) is 23.1 Å². The summed E-state index contributed by atoms with van der Waals surface area (Å²) in [6.45, 7) is 5.73. The lowest BCUT2D eigenvalue weighted by Gasteiger charge is -2.34. The fourth-order valence-electron chi connectivity index (χ4n) is 4.17. The topological polar surface area (TPSA) is 58.4 Å². The first-order chi connectivity index (χ1) is 17.4. The SMILES string of the molecule is Cc1nc(SCC(=O)N2CCN(C/C=C/c3ccccc3)CC2)n(C)c(=O)c1Cc1ccc(F)cc1. The minimum Gasteiger partial charge on any atom is -0.339 e. The molecule has 0 aliphatic carbocycles. The number of carbonyl (C=O) groups excluding carboxylic acids is 1. The van der Waals surface area contributed by atoms with Crippen molar-refractivity contribution < 1.29 is 9.18 Å². The van der Waals surface area contributed by atoms with Gasteiger partial charge in [-0.1, -0.05) is 66.4 Å². The average molecular weight is 507 g/mol. The van der Waals surface area contributed by atoms with Crippen LogP contribution in [0.15, 0.2) is 70.6 Å². The lowest BCUT2D eigenvalue weighted by molar-refractivity contribution is -0.130. The van der Waals surface area contributed by atoms with Gasteiger partial charge in [0.1, 0.15) is 5.82 Å². The van der Waals surface area contributed by atoms with E-state index >= 15 is 0 Å². The van der Waals surface area contributed by atoms with Gasteiger partial charge in [-0.25, -0.2) is 9.37 Å². The van der Waals surface area contributed by atoms with Crippen molar-refractivity contribution in [1.82, 2.24) is 19.4 Å². The number of rotatable bonds is 8. The van der Waals surface area contributed by atoms with Gasteiger partial charge in [0.25, 0.3) is 5.56 Å². The van der Waals surface area contributed by atoms with Crippen LogP contribution in [0.3, 0.4) is 0 Å². The predicted molar refractivity (Wildman–Crippen MR) is 143 cm³/mol. The van der Waals surface area contributed by atoms with Gasteiger partial charge < -0.3 is 4.90 Å². The molecule has 0 unspecified atom stereocenters. The molecule has 0 radical (unpaired) electrons. The first-order valence-electron chi connectivity index (χ1n) is 12.1. The Morgan fingerprint density at radius 1 is 1.06 bits per heavy atom. The fourth-order valence-corrected chi connectivity index (χ4v) is 5.08. The number of aryl methyl sites for hydroxylation is 1. The van der Waals surface area contributed by atoms with Gasteiger partial charge in [0.15, 0.2) is 5.16 Å². The molecule has 4 rings (SSSR count). The molecule has 1 aliphatic rings. The molecular formula is C28H31FN4O2S. The summed E-state index contributed by atoms with van der Waals surface area (Å²) < 4.78 is 14.7. The van der Waals surface area contributed by atoms with E-state index < -0.39 is 0 Å². The molecule has 3 aromatic rings. The molecule has 2 heterocycles. The zero-order chi connectivity index (χ0) is 25.5. The predicted octanol–water partition coefficient (Wildman–Crippen LogP) is 3.77. The Hall–Kier alpha value is -3.23. The van der Waals surface area contributed by atoms with E-state index in [1.165, 1.54) is 34.0 Å². The van der Waals surface area contributed by atoms with Crippen molar-refractivity contribution in [1.29, 1.82) is 0 Å². The smallest absolute Gasteiger partial charge is 0.257 e. The summed E-state index contributed by atoms with van der Waals surface area (Å²) >= 11 is 1.29. The summed E-state index contributed by atoms with van der Waals surface area (Å²) in [7, 11) is 1.68. The maximum absolute atomic E-state index is 13.2. The second kappa shape index (κ2) is 12.1. The standard InChI is InChI=1S/C28H31FN4O2S/c1-21-25(19-23-10-12-24(29)13-11-23)27(35)31(2)28(30-21)36-20-26(34)33-17-15-32(16-18-33)14-6-9-22-7-4-3-5-8-22/h3-13H,14-20H2,1-2H3/b9-6+. The molecule has 1 saturated heterocycles. The molecule has 1 aliphatic heterocycles. The molecule has 8 heteroatoms. The van der Waals surface area contributed by atoms with Crippen molar-refractivity contribution >= 4 is 23.7 Å². The number of benzene rings is 2. The van der Waals surface area contributed by atoms with Crippen LogP contribution >= 0.6 is 11.8 Å². The number of amides is 1. The molecule has 1 fully saturated rings. The van der Waals surface area contributed by atoms with E-state index in [1.54, 1.807) is 26.1 Å². The number of nitrogens with zero attached hydrogens (tertiary/aromatic N) is 4. The van der Waals surface area contributed by atoms with Crippen molar-refractivity contribution in [3.63, 3.8) is 0 Å². The zero-order valence-electron chi connectivity index (χ0n) is 20.7. The lowest BCUT2D eigenvalue weighted by atomic mass is 10.1. The van der Waals surface area contributed by atoms with Crippen LogP contribution in [0.1, 0.15) is 22.4 Å². The Labute approximate surface area is 215 Å². The third-order valence-electron chi connectivity index (χ3n) is 6.37. The summed E-state index contributed by atoms with van der Waals surface area (Å²) in [5.74, 6) is -0.00807. The number of halogens is 1. The van der Waals surface area contributed by atoms with Gasteiger partial charge in [0.05, 0.1) is 5.75 Å². The van der Waals surface area contributed by atoms with Crippen LogP contribution in [0.25, 0.3) is 6.08 Å². The second-order valence-electron chi connectivity index (χ2n) is 8.91. The van der Waals surface area contributed by atoms with Gasteiger partial charge in [-0.2, -0.15) is 0 Å². The van der Waals surface area contributed by atoms with E-state index in [-0.39, 0.29) is 23.0 Å². The van der Waals surface area contributed by atoms with Gasteiger partial charge in [-0.05, 0) is 30.2 Å². The summed E-state index contributed by atoms with van der Waals surface area (Å²) in [6, 6.07) is 16.3. The highest BCUT2D eigenvalue weighted by atomic mass is 32.2. The summed E-state index contributed by atoms with van der Waals surface area (Å²) in [4.78, 5) is 34.6. The quantitative estimate of drug-likeness (QED) is 0.344. The van der Waals surface area contributed by atoms with Crippen molar-refractivity contribution in [3.8, 4) is 0 Å². The van der Waals surface area contributed by atoms with Crippen LogP contribution in [-0.2, 0) is 18.3 Å². The molecule has 188 valence electrons. The average Bonchev–Trinajstić information content (AvgIpc) is 2.90. The number of hydrogen-bond donors (Lipinski definition) is 0. The third-order valence-corrected chi connectivity index (χ3v) is 7.38. The van der Waals surface area contributed by atoms with E-state index in [0.717, 1.165) is 25.2 Å². The largest absolute Gasteiger partial charge is 0.339 e. The zero-order valence-corrected chi connectivity index (χ0v) is 21.5. The number of thioether (sulfide) groups is 1. The molecule has 36 heavy (non-hydrogen) atoms. The second-order valence-corrected chi connectivity index (χ2v) is 9.85. The van der Waals surface area contributed by atoms with Crippen LogP contribution in [0, 0.1) is 12.7 Å². The monoisotopic (exact) mass is 506 g/mol. The van der Waals surface area contributed by atoms with E-state index in [4.69, 9.17) is 0 Å². The van der Waals surface area contributed by atoms with Gasteiger partial charge in [-0.15, -0.1) is 0 Å². The molecule has 2 aromatic carbocycles. The summed E-state index contributed by atoms with van der Waals surface area (Å²) in [5, 5.41) is 0.526. The number of aromatic nitrogens is 2. The van der Waals surface area contributed by atoms with E-state index in [2.05, 4.69) is 34.2 Å². The van der Waals surface area contributed by atoms with Crippen molar-refractivity contribution in [2.24, 2.45) is 7.05 Å². The summed E-state index contributed by atoms with van der Waals surface area (Å²) in [6.07, 6.45) is 4.68. The Morgan fingerprint density at radius 3 is 2.44 bits per heavy atom. The number of hydrogen-bond acceptors (Lipinski definition) is 5. The van der Waals surface area contributed by atoms with Gasteiger partial charge in [0, 0.05) is 57.4 Å². The molecule has 0 saturated carbocycles. The van der Waals surface area contributed by atoms with Crippen LogP contribution in [0.4, 0.5) is 4.39 Å². The number of carbonyl (C=O) groups is 1. The fraction of sp³-hybridized carbons (Fsp3) is 0.321. The highest BCUT2D eigenvalue weighted by molar-refractivity contribution is 7.99. The molecule has 6 nitrogen and oxygen atoms in total. The highest BCUT2D eigenvalue weighted by Crippen LogP contribution is 2.18. The van der Waals surface area contributed by atoms with Crippen molar-refractivity contribution in [3.05, 3.63) is 99.2 Å². The molecule has 0 bridgehead atoms. The van der Waals surface area contributed by atoms with Crippen LogP contribution < -0.4 is 5.56 Å². The first-order valence-corrected chi connectivity index (χ1v) is 13.0. The van der Waals surface area contributed by atoms with Gasteiger partial charge >= 0.3 is 0 Å². The Kier molecular flexibility index (Phi) is 8.72. The van der Waals surface area contributed by atoms with E-state index in [9.17, 15) is 14.0 Å². The normalized spacial score (nSPS) is 14.5. The maximum atomic E-state index is 13.2. The molecular weight excluding hydrogens is 475 g/mol. The van der Waals surface area contributed by atoms with E-state index in [0.29, 0.717) is 35.9 Å². The minimum absolute atomic E-state index is 0.0572. The number of piperazine rings is 1. The van der Waals surface area contributed by atoms with Crippen LogP contribution in [0.2, 0.25) is 0 Å². The molecule has 0 spiro atoms. The van der Waals surface area contributed by atoms with Gasteiger partial charge in [-0.3, -0.25) is 19.1 Å². The minimum atomic E-state index is -0.306. The molecule has 1 aromatic heterocycles. The summed E-state index contributed by atoms with van der Waals surface area (Å²) in [5.41, 5.74) is 3.11.